The number of hydrogen-bond acceptors (Lipinski definition) is 2. The average molecular weight is 423 g/mol. The van der Waals surface area contributed by atoms with Crippen molar-refractivity contribution in [3.8, 4) is 0 Å². The fourth-order valence-electron chi connectivity index (χ4n) is 0.943. The van der Waals surface area contributed by atoms with Gasteiger partial charge >= 0.3 is 0 Å². The van der Waals surface area contributed by atoms with Gasteiger partial charge in [0, 0.05) is 0 Å². The third kappa shape index (κ3) is 1.74. The van der Waals surface area contributed by atoms with Crippen LogP contribution in [0.4, 0.5) is 0 Å². The maximum Gasteiger partial charge on any atom is 0.136 e. The van der Waals surface area contributed by atoms with Gasteiger partial charge in [0.2, 0.25) is 0 Å². The summed E-state index contributed by atoms with van der Waals surface area (Å²) in [7, 11) is 0. The van der Waals surface area contributed by atoms with E-state index in [2.05, 4.69) is 10.1 Å². The van der Waals surface area contributed by atoms with Crippen molar-refractivity contribution in [1.82, 2.24) is 14.8 Å². The van der Waals surface area contributed by atoms with Gasteiger partial charge in [-0.2, -0.15) is 23.2 Å². The minimum Gasteiger partial charge on any atom is -0.358 e. The first-order chi connectivity index (χ1) is 5.36. The Morgan fingerprint density at radius 3 is 2.92 bits per heavy atom. The molecule has 2 rings (SSSR count). The van der Waals surface area contributed by atoms with E-state index in [0.29, 0.717) is 0 Å². The van der Waals surface area contributed by atoms with E-state index in [1.54, 1.807) is 11.0 Å². The molecular formula is C9H11LrN3-2. The van der Waals surface area contributed by atoms with Crippen molar-refractivity contribution >= 4 is 12.3 Å². The molecule has 2 heterocycles. The minimum atomic E-state index is 0. The smallest absolute Gasteiger partial charge is 0.136 e. The summed E-state index contributed by atoms with van der Waals surface area (Å²) in [6.45, 7) is 2.04. The number of rotatable bonds is 0. The molecule has 0 amide bonds. The standard InChI is InChI=1S/C8H8N3.CH3.Lr/c1-7-2-3-8-9-6-10-11(8)5-4-7;;/h2-6H,1H3;1H3;/q2*-1;. The van der Waals surface area contributed by atoms with Gasteiger partial charge < -0.3 is 7.43 Å². The molecule has 0 saturated carbocycles. The molecule has 0 unspecified atom stereocenters. The second kappa shape index (κ2) is 3.76. The Morgan fingerprint density at radius 1 is 1.38 bits per heavy atom. The zero-order chi connectivity index (χ0) is 7.68. The Hall–Kier alpha value is -2.51. The molecule has 1 aliphatic rings. The maximum absolute atomic E-state index is 4.05. The first kappa shape index (κ1) is 10.5. The van der Waals surface area contributed by atoms with Crippen LogP contribution in [0, 0.1) is 13.3 Å². The van der Waals surface area contributed by atoms with Gasteiger partial charge in [0.15, 0.2) is 0 Å². The molecule has 1 aromatic heterocycles. The molecule has 0 bridgehead atoms. The van der Waals surface area contributed by atoms with Crippen LogP contribution < -0.4 is 0 Å². The molecule has 0 saturated heterocycles. The third-order valence-electron chi connectivity index (χ3n) is 1.57. The minimum absolute atomic E-state index is 0. The zero-order valence-corrected chi connectivity index (χ0v) is 9.64. The maximum atomic E-state index is 4.05. The van der Waals surface area contributed by atoms with Crippen molar-refractivity contribution in [2.45, 2.75) is 6.92 Å². The molecule has 79 valence electrons. The molecule has 3 nitrogen and oxygen atoms in total. The zero-order valence-electron chi connectivity index (χ0n) is 7.49. The fourth-order valence-corrected chi connectivity index (χ4v) is 0.943. The van der Waals surface area contributed by atoms with Crippen molar-refractivity contribution in [2.75, 3.05) is 0 Å². The summed E-state index contributed by atoms with van der Waals surface area (Å²) in [5.41, 5.74) is 0. The average Bonchev–Trinajstić information content (AvgIpc) is 2.38. The van der Waals surface area contributed by atoms with E-state index in [0.717, 1.165) is 5.82 Å². The van der Waals surface area contributed by atoms with Crippen LogP contribution in [0.2, 0.25) is 0 Å². The van der Waals surface area contributed by atoms with E-state index >= 15 is 0 Å². The molecule has 1 aromatic rings. The van der Waals surface area contributed by atoms with E-state index in [4.69, 9.17) is 0 Å². The van der Waals surface area contributed by atoms with Crippen LogP contribution >= 0.6 is 0 Å². The quantitative estimate of drug-likeness (QED) is 0.597. The van der Waals surface area contributed by atoms with Gasteiger partial charge in [0.25, 0.3) is 0 Å². The van der Waals surface area contributed by atoms with E-state index in [1.807, 2.05) is 31.4 Å². The Morgan fingerprint density at radius 2 is 2.15 bits per heavy atom. The molecule has 4 heteroatoms. The Balaban J connectivity index is 0.000000720. The fraction of sp³-hybridized carbons (Fsp3) is 0.111. The van der Waals surface area contributed by atoms with Crippen LogP contribution in [0.5, 0.6) is 0 Å². The summed E-state index contributed by atoms with van der Waals surface area (Å²) in [5.74, 6) is 2.08. The molecule has 0 fully saturated rings. The molecule has 1 aliphatic heterocycles. The van der Waals surface area contributed by atoms with E-state index in [9.17, 15) is 0 Å². The summed E-state index contributed by atoms with van der Waals surface area (Å²) in [6.07, 6.45) is 9.41. The summed E-state index contributed by atoms with van der Waals surface area (Å²) in [6, 6.07) is 0. The molecule has 0 aliphatic carbocycles. The van der Waals surface area contributed by atoms with Crippen molar-refractivity contribution in [3.63, 3.8) is 0 Å². The summed E-state index contributed by atoms with van der Waals surface area (Å²) >= 11 is 0. The Labute approximate surface area is 72.4 Å². The normalized spacial score (nSPS) is 12.5. The van der Waals surface area contributed by atoms with Gasteiger partial charge in [-0.1, -0.05) is 13.1 Å². The molecule has 0 spiro atoms. The van der Waals surface area contributed by atoms with Crippen molar-refractivity contribution < 1.29 is 0 Å². The van der Waals surface area contributed by atoms with Crippen molar-refractivity contribution in [1.29, 1.82) is 0 Å². The van der Waals surface area contributed by atoms with Gasteiger partial charge in [0.1, 0.15) is 6.33 Å². The van der Waals surface area contributed by atoms with Crippen LogP contribution in [0.15, 0.2) is 18.5 Å². The monoisotopic (exact) mass is 423 g/mol. The van der Waals surface area contributed by atoms with Gasteiger partial charge in [-0.05, 0) is 0 Å². The van der Waals surface area contributed by atoms with Crippen LogP contribution in [-0.4, -0.2) is 14.8 Å². The number of fused-ring (bicyclic) bond motifs is 1. The predicted molar refractivity (Wildman–Crippen MR) is 49.7 cm³/mol. The molecule has 0 aromatic carbocycles. The first-order valence-electron chi connectivity index (χ1n) is 3.45. The van der Waals surface area contributed by atoms with Gasteiger partial charge in [0.05, 0.1) is 5.82 Å². The van der Waals surface area contributed by atoms with Gasteiger partial charge in [-0.25, -0.2) is 4.98 Å². The van der Waals surface area contributed by atoms with E-state index < -0.39 is 0 Å². The molecular weight excluding hydrogens is 412 g/mol. The number of aromatic nitrogens is 3. The largest absolute Gasteiger partial charge is 0.358 e. The van der Waals surface area contributed by atoms with Crippen molar-refractivity contribution in [3.05, 3.63) is 37.6 Å². The van der Waals surface area contributed by atoms with Crippen LogP contribution in [0.25, 0.3) is 12.3 Å². The topological polar surface area (TPSA) is 30.7 Å². The first-order valence-corrected chi connectivity index (χ1v) is 3.45. The van der Waals surface area contributed by atoms with Crippen molar-refractivity contribution in [2.24, 2.45) is 0 Å². The number of allylic oxidation sites excluding steroid dienone is 2. The number of hydrogen-bond donors (Lipinski definition) is 0. The van der Waals surface area contributed by atoms with Crippen LogP contribution in [0.1, 0.15) is 12.7 Å². The van der Waals surface area contributed by atoms with Gasteiger partial charge in [-0.15, -0.1) is 6.08 Å². The van der Waals surface area contributed by atoms with Crippen LogP contribution in [-0.2, 0) is 0 Å². The third-order valence-corrected chi connectivity index (χ3v) is 1.57. The Bertz CT molecular complexity index is 286. The van der Waals surface area contributed by atoms with E-state index in [1.165, 1.54) is 5.92 Å². The Kier molecular flexibility index (Phi) is 3.03. The van der Waals surface area contributed by atoms with E-state index in [-0.39, 0.29) is 7.43 Å². The predicted octanol–water partition coefficient (Wildman–Crippen LogP) is 1.82. The molecule has 13 heavy (non-hydrogen) atoms. The molecule has 0 N–H and O–H groups in total. The SMILES string of the molecule is C[C-]1C=Cc2ncnn2C=C1.[CH3-].[Lr]. The van der Waals surface area contributed by atoms with Crippen LogP contribution in [0.3, 0.4) is 0 Å². The number of nitrogens with zero attached hydrogens (tertiary/aromatic N) is 3. The molecule has 1 radical (unpaired) electrons. The summed E-state index contributed by atoms with van der Waals surface area (Å²) in [4.78, 5) is 4.05. The summed E-state index contributed by atoms with van der Waals surface area (Å²) < 4.78 is 1.74. The second-order valence-corrected chi connectivity index (χ2v) is 2.46. The van der Waals surface area contributed by atoms with Gasteiger partial charge in [-0.3, -0.25) is 4.68 Å². The molecule has 0 atom stereocenters. The summed E-state index contributed by atoms with van der Waals surface area (Å²) in [5, 5.41) is 4.01. The second-order valence-electron chi connectivity index (χ2n) is 2.46.